The van der Waals surface area contributed by atoms with Crippen LogP contribution >= 0.6 is 11.3 Å². The highest BCUT2D eigenvalue weighted by Crippen LogP contribution is 2.18. The maximum Gasteiger partial charge on any atom is 0.346 e. The van der Waals surface area contributed by atoms with Crippen molar-refractivity contribution in [2.75, 3.05) is 5.32 Å². The molecule has 1 aromatic carbocycles. The molecule has 9 heteroatoms. The van der Waals surface area contributed by atoms with E-state index in [4.69, 9.17) is 0 Å². The molecule has 1 aliphatic heterocycles. The molecule has 1 N–H and O–H groups in total. The van der Waals surface area contributed by atoms with Crippen molar-refractivity contribution in [3.63, 3.8) is 0 Å². The molecule has 0 fully saturated rings. The first-order valence-corrected chi connectivity index (χ1v) is 9.33. The molecule has 1 aliphatic rings. The molecule has 2 aromatic heterocycles. The van der Waals surface area contributed by atoms with Gasteiger partial charge in [-0.3, -0.25) is 14.7 Å². The third kappa shape index (κ3) is 3.57. The number of fused-ring (bicyclic) bond motifs is 1. The van der Waals surface area contributed by atoms with E-state index in [1.54, 1.807) is 4.57 Å². The summed E-state index contributed by atoms with van der Waals surface area (Å²) >= 11 is 1.33. The summed E-state index contributed by atoms with van der Waals surface area (Å²) < 4.78 is 2.88. The van der Waals surface area contributed by atoms with E-state index in [1.165, 1.54) is 16.0 Å². The number of aromatic nitrogens is 5. The van der Waals surface area contributed by atoms with Gasteiger partial charge in [-0.1, -0.05) is 41.7 Å². The number of amides is 1. The molecule has 0 unspecified atom stereocenters. The predicted octanol–water partition coefficient (Wildman–Crippen LogP) is 1.46. The van der Waals surface area contributed by atoms with Gasteiger partial charge in [-0.15, -0.1) is 10.2 Å². The Kier molecular flexibility index (Phi) is 4.61. The summed E-state index contributed by atoms with van der Waals surface area (Å²) in [4.78, 5) is 24.5. The highest BCUT2D eigenvalue weighted by Gasteiger charge is 2.18. The van der Waals surface area contributed by atoms with Gasteiger partial charge in [-0.05, 0) is 18.4 Å². The fourth-order valence-corrected chi connectivity index (χ4v) is 3.78. The van der Waals surface area contributed by atoms with Crippen LogP contribution in [-0.4, -0.2) is 30.5 Å². The van der Waals surface area contributed by atoms with Crippen LogP contribution in [0.5, 0.6) is 0 Å². The zero-order valence-electron chi connectivity index (χ0n) is 14.1. The van der Waals surface area contributed by atoms with Gasteiger partial charge in [0.25, 0.3) is 0 Å². The molecule has 4 rings (SSSR count). The molecule has 3 aromatic rings. The van der Waals surface area contributed by atoms with E-state index in [-0.39, 0.29) is 18.1 Å². The SMILES string of the molecule is O=C(Cn1nc2n(c1=O)CCCC2)Nc1nnc(Cc2ccccc2)s1. The van der Waals surface area contributed by atoms with E-state index in [0.717, 1.165) is 35.7 Å². The first-order valence-electron chi connectivity index (χ1n) is 8.52. The van der Waals surface area contributed by atoms with Crippen LogP contribution in [0.25, 0.3) is 0 Å². The van der Waals surface area contributed by atoms with Crippen LogP contribution in [0.1, 0.15) is 29.2 Å². The fraction of sp³-hybridized carbons (Fsp3) is 0.353. The number of carbonyl (C=O) groups excluding carboxylic acids is 1. The maximum atomic E-state index is 12.3. The number of hydrogen-bond donors (Lipinski definition) is 1. The maximum absolute atomic E-state index is 12.3. The van der Waals surface area contributed by atoms with Gasteiger partial charge in [0.1, 0.15) is 17.4 Å². The van der Waals surface area contributed by atoms with Gasteiger partial charge in [0, 0.05) is 19.4 Å². The lowest BCUT2D eigenvalue weighted by Crippen LogP contribution is -2.30. The van der Waals surface area contributed by atoms with Crippen LogP contribution in [-0.2, 0) is 30.7 Å². The first kappa shape index (κ1) is 16.6. The summed E-state index contributed by atoms with van der Waals surface area (Å²) in [6, 6.07) is 9.95. The Balaban J connectivity index is 1.40. The predicted molar refractivity (Wildman–Crippen MR) is 97.2 cm³/mol. The summed E-state index contributed by atoms with van der Waals surface area (Å²) in [7, 11) is 0. The summed E-state index contributed by atoms with van der Waals surface area (Å²) in [5.41, 5.74) is 0.911. The number of anilines is 1. The van der Waals surface area contributed by atoms with Crippen LogP contribution in [0.4, 0.5) is 5.13 Å². The van der Waals surface area contributed by atoms with Crippen molar-refractivity contribution in [1.82, 2.24) is 24.5 Å². The molecule has 0 aliphatic carbocycles. The Morgan fingerprint density at radius 3 is 2.85 bits per heavy atom. The largest absolute Gasteiger partial charge is 0.346 e. The molecular weight excluding hydrogens is 352 g/mol. The molecule has 0 bridgehead atoms. The van der Waals surface area contributed by atoms with Gasteiger partial charge in [0.2, 0.25) is 11.0 Å². The average molecular weight is 370 g/mol. The van der Waals surface area contributed by atoms with E-state index in [2.05, 4.69) is 20.6 Å². The van der Waals surface area contributed by atoms with E-state index < -0.39 is 0 Å². The van der Waals surface area contributed by atoms with Gasteiger partial charge in [-0.2, -0.15) is 5.10 Å². The molecule has 134 valence electrons. The summed E-state index contributed by atoms with van der Waals surface area (Å²) in [6.07, 6.45) is 3.45. The van der Waals surface area contributed by atoms with Gasteiger partial charge in [0.15, 0.2) is 0 Å². The van der Waals surface area contributed by atoms with Crippen molar-refractivity contribution < 1.29 is 4.79 Å². The number of carbonyl (C=O) groups is 1. The topological polar surface area (TPSA) is 94.7 Å². The van der Waals surface area contributed by atoms with E-state index in [9.17, 15) is 9.59 Å². The second kappa shape index (κ2) is 7.20. The Hall–Kier alpha value is -2.81. The Labute approximate surface area is 153 Å². The van der Waals surface area contributed by atoms with Crippen molar-refractivity contribution in [2.45, 2.75) is 38.8 Å². The smallest absolute Gasteiger partial charge is 0.299 e. The summed E-state index contributed by atoms with van der Waals surface area (Å²) in [6.45, 7) is 0.557. The first-order chi connectivity index (χ1) is 12.7. The van der Waals surface area contributed by atoms with Gasteiger partial charge >= 0.3 is 5.69 Å². The number of benzene rings is 1. The minimum Gasteiger partial charge on any atom is -0.299 e. The molecule has 26 heavy (non-hydrogen) atoms. The van der Waals surface area contributed by atoms with E-state index in [1.807, 2.05) is 30.3 Å². The highest BCUT2D eigenvalue weighted by molar-refractivity contribution is 7.15. The average Bonchev–Trinajstić information content (AvgIpc) is 3.21. The number of nitrogens with one attached hydrogen (secondary N) is 1. The second-order valence-corrected chi connectivity index (χ2v) is 7.24. The summed E-state index contributed by atoms with van der Waals surface area (Å²) in [5, 5.41) is 16.3. The van der Waals surface area contributed by atoms with Crippen molar-refractivity contribution in [3.05, 3.63) is 57.2 Å². The molecule has 0 spiro atoms. The monoisotopic (exact) mass is 370 g/mol. The molecule has 0 radical (unpaired) electrons. The standard InChI is InChI=1S/C17H18N6O2S/c24-14(11-23-17(25)22-9-5-4-8-13(22)21-23)18-16-20-19-15(26-16)10-12-6-2-1-3-7-12/h1-3,6-7H,4-5,8-11H2,(H,18,20,24). The normalized spacial score (nSPS) is 13.4. The number of nitrogens with zero attached hydrogens (tertiary/aromatic N) is 5. The lowest BCUT2D eigenvalue weighted by molar-refractivity contribution is -0.117. The third-order valence-corrected chi connectivity index (χ3v) is 5.07. The quantitative estimate of drug-likeness (QED) is 0.734. The zero-order valence-corrected chi connectivity index (χ0v) is 14.9. The second-order valence-electron chi connectivity index (χ2n) is 6.18. The lowest BCUT2D eigenvalue weighted by Gasteiger charge is -2.09. The molecule has 0 atom stereocenters. The minimum absolute atomic E-state index is 0.119. The van der Waals surface area contributed by atoms with E-state index >= 15 is 0 Å². The van der Waals surface area contributed by atoms with Gasteiger partial charge in [0.05, 0.1) is 0 Å². The van der Waals surface area contributed by atoms with E-state index in [0.29, 0.717) is 18.1 Å². The Morgan fingerprint density at radius 1 is 1.19 bits per heavy atom. The molecule has 8 nitrogen and oxygen atoms in total. The molecule has 0 saturated carbocycles. The minimum atomic E-state index is -0.329. The van der Waals surface area contributed by atoms with Crippen molar-refractivity contribution in [1.29, 1.82) is 0 Å². The number of rotatable bonds is 5. The molecule has 3 heterocycles. The van der Waals surface area contributed by atoms with Crippen LogP contribution in [0.3, 0.4) is 0 Å². The number of aryl methyl sites for hydroxylation is 1. The van der Waals surface area contributed by atoms with Crippen molar-refractivity contribution in [2.24, 2.45) is 0 Å². The Bertz CT molecular complexity index is 975. The highest BCUT2D eigenvalue weighted by atomic mass is 32.1. The van der Waals surface area contributed by atoms with Gasteiger partial charge < -0.3 is 0 Å². The lowest BCUT2D eigenvalue weighted by atomic mass is 10.2. The Morgan fingerprint density at radius 2 is 2.04 bits per heavy atom. The molecule has 1 amide bonds. The molecule has 0 saturated heterocycles. The van der Waals surface area contributed by atoms with Crippen LogP contribution in [0, 0.1) is 0 Å². The van der Waals surface area contributed by atoms with Crippen molar-refractivity contribution >= 4 is 22.4 Å². The molecular formula is C17H18N6O2S. The van der Waals surface area contributed by atoms with Crippen LogP contribution in [0.15, 0.2) is 35.1 Å². The van der Waals surface area contributed by atoms with Gasteiger partial charge in [-0.25, -0.2) is 9.48 Å². The van der Waals surface area contributed by atoms with Crippen molar-refractivity contribution in [3.8, 4) is 0 Å². The third-order valence-electron chi connectivity index (χ3n) is 4.24. The van der Waals surface area contributed by atoms with Crippen LogP contribution < -0.4 is 11.0 Å². The zero-order chi connectivity index (χ0) is 17.9. The fourth-order valence-electron chi connectivity index (χ4n) is 2.99. The number of hydrogen-bond acceptors (Lipinski definition) is 6. The summed E-state index contributed by atoms with van der Waals surface area (Å²) in [5.74, 6) is 0.431. The van der Waals surface area contributed by atoms with Crippen LogP contribution in [0.2, 0.25) is 0 Å².